The van der Waals surface area contributed by atoms with Gasteiger partial charge in [-0.1, -0.05) is 6.92 Å². The van der Waals surface area contributed by atoms with Crippen LogP contribution in [0.2, 0.25) is 0 Å². The Kier molecular flexibility index (Phi) is 4.94. The van der Waals surface area contributed by atoms with Gasteiger partial charge in [-0.2, -0.15) is 12.6 Å². The highest BCUT2D eigenvalue weighted by Gasteiger charge is 2.01. The van der Waals surface area contributed by atoms with E-state index in [4.69, 9.17) is 0 Å². The predicted octanol–water partition coefficient (Wildman–Crippen LogP) is 5.59. The van der Waals surface area contributed by atoms with Gasteiger partial charge in [0.15, 0.2) is 0 Å². The second-order valence-electron chi connectivity index (χ2n) is 6.22. The zero-order valence-electron chi connectivity index (χ0n) is 15.0. The maximum atomic E-state index is 4.63. The van der Waals surface area contributed by atoms with Gasteiger partial charge < -0.3 is 9.97 Å². The zero-order valence-corrected chi connectivity index (χ0v) is 15.9. The highest BCUT2D eigenvalue weighted by atomic mass is 32.1. The number of aromatic nitrogens is 4. The van der Waals surface area contributed by atoms with Gasteiger partial charge in [-0.15, -0.1) is 0 Å². The van der Waals surface area contributed by atoms with Gasteiger partial charge >= 0.3 is 0 Å². The molecule has 5 rings (SSSR count). The van der Waals surface area contributed by atoms with Gasteiger partial charge in [0.25, 0.3) is 0 Å². The Labute approximate surface area is 163 Å². The summed E-state index contributed by atoms with van der Waals surface area (Å²) in [7, 11) is 0. The molecule has 0 amide bonds. The molecule has 27 heavy (non-hydrogen) atoms. The highest BCUT2D eigenvalue weighted by Crippen LogP contribution is 2.16. The number of hydrogen-bond acceptors (Lipinski definition) is 3. The summed E-state index contributed by atoms with van der Waals surface area (Å²) in [5.74, 6) is 0.944. The van der Waals surface area contributed by atoms with Crippen LogP contribution in [0.4, 0.5) is 0 Å². The molecule has 134 valence electrons. The summed E-state index contributed by atoms with van der Waals surface area (Å²) in [5, 5.41) is 0. The lowest BCUT2D eigenvalue weighted by molar-refractivity contribution is 1.31. The average molecular weight is 372 g/mol. The van der Waals surface area contributed by atoms with E-state index in [1.165, 1.54) is 0 Å². The van der Waals surface area contributed by atoms with Crippen molar-refractivity contribution >= 4 is 59.0 Å². The Morgan fingerprint density at radius 1 is 0.630 bits per heavy atom. The minimum absolute atomic E-state index is 0.939. The SMILES string of the molecule is C1=Cc2cc3ccc(cc4nc(cc5ccc(cc1n2)[nH]5)C=C4)[nH]3.CCS. The summed E-state index contributed by atoms with van der Waals surface area (Å²) in [6, 6.07) is 16.4. The molecule has 5 heteroatoms. The molecule has 0 aliphatic carbocycles. The second-order valence-corrected chi connectivity index (χ2v) is 6.85. The number of fused-ring (bicyclic) bond motifs is 8. The lowest BCUT2D eigenvalue weighted by atomic mass is 10.3. The normalized spacial score (nSPS) is 11.9. The predicted molar refractivity (Wildman–Crippen MR) is 118 cm³/mol. The van der Waals surface area contributed by atoms with Crippen LogP contribution in [0, 0.1) is 0 Å². The van der Waals surface area contributed by atoms with Gasteiger partial charge in [0.05, 0.1) is 22.8 Å². The van der Waals surface area contributed by atoms with Gasteiger partial charge in [0.2, 0.25) is 0 Å². The number of thiol groups is 1. The molecule has 3 aromatic heterocycles. The van der Waals surface area contributed by atoms with Crippen molar-refractivity contribution in [3.8, 4) is 0 Å². The average Bonchev–Trinajstić information content (AvgIpc) is 3.41. The Bertz CT molecular complexity index is 1010. The van der Waals surface area contributed by atoms with E-state index in [1.807, 2.05) is 55.5 Å². The quantitative estimate of drug-likeness (QED) is 0.310. The smallest absolute Gasteiger partial charge is 0.0658 e. The van der Waals surface area contributed by atoms with Crippen molar-refractivity contribution in [1.29, 1.82) is 0 Å². The molecule has 0 saturated heterocycles. The van der Waals surface area contributed by atoms with E-state index in [9.17, 15) is 0 Å². The Hall–Kier alpha value is -3.05. The molecule has 0 fully saturated rings. The third-order valence-corrected chi connectivity index (χ3v) is 4.04. The fourth-order valence-electron chi connectivity index (χ4n) is 2.94. The molecule has 3 aromatic rings. The molecule has 0 radical (unpaired) electrons. The molecule has 2 N–H and O–H groups in total. The monoisotopic (exact) mass is 372 g/mol. The van der Waals surface area contributed by atoms with Crippen molar-refractivity contribution in [2.45, 2.75) is 6.92 Å². The molecule has 0 unspecified atom stereocenters. The fraction of sp³-hybridized carbons (Fsp3) is 0.0909. The first-order chi connectivity index (χ1) is 13.2. The number of rotatable bonds is 0. The van der Waals surface area contributed by atoms with Crippen LogP contribution >= 0.6 is 12.6 Å². The number of hydrogen-bond donors (Lipinski definition) is 3. The van der Waals surface area contributed by atoms with Crippen LogP contribution in [-0.4, -0.2) is 25.7 Å². The van der Waals surface area contributed by atoms with E-state index < -0.39 is 0 Å². The molecule has 0 saturated carbocycles. The molecular weight excluding hydrogens is 352 g/mol. The van der Waals surface area contributed by atoms with Gasteiger partial charge in [-0.05, 0) is 78.6 Å². The second kappa shape index (κ2) is 7.68. The number of nitrogens with zero attached hydrogens (tertiary/aromatic N) is 2. The van der Waals surface area contributed by atoms with Crippen LogP contribution in [0.1, 0.15) is 29.7 Å². The van der Waals surface area contributed by atoms with Crippen molar-refractivity contribution in [3.63, 3.8) is 0 Å². The minimum atomic E-state index is 0.939. The van der Waals surface area contributed by atoms with Crippen LogP contribution < -0.4 is 0 Å². The van der Waals surface area contributed by atoms with Crippen molar-refractivity contribution in [2.75, 3.05) is 5.75 Å². The highest BCUT2D eigenvalue weighted by molar-refractivity contribution is 7.80. The van der Waals surface area contributed by atoms with Crippen molar-refractivity contribution in [2.24, 2.45) is 0 Å². The van der Waals surface area contributed by atoms with Crippen LogP contribution in [0.3, 0.4) is 0 Å². The summed E-state index contributed by atoms with van der Waals surface area (Å²) in [4.78, 5) is 16.0. The number of nitrogens with one attached hydrogen (secondary N) is 2. The first-order valence-corrected chi connectivity index (χ1v) is 9.50. The summed E-state index contributed by atoms with van der Waals surface area (Å²) >= 11 is 3.79. The summed E-state index contributed by atoms with van der Waals surface area (Å²) in [6.45, 7) is 1.99. The van der Waals surface area contributed by atoms with Gasteiger partial charge in [-0.25, -0.2) is 9.97 Å². The van der Waals surface area contributed by atoms with Crippen LogP contribution in [-0.2, 0) is 0 Å². The van der Waals surface area contributed by atoms with Crippen LogP contribution in [0.5, 0.6) is 0 Å². The summed E-state index contributed by atoms with van der Waals surface area (Å²) < 4.78 is 0. The summed E-state index contributed by atoms with van der Waals surface area (Å²) in [6.07, 6.45) is 8.09. The zero-order chi connectivity index (χ0) is 18.6. The van der Waals surface area contributed by atoms with E-state index in [2.05, 4.69) is 56.8 Å². The van der Waals surface area contributed by atoms with E-state index in [1.54, 1.807) is 0 Å². The molecule has 0 atom stereocenters. The Balaban J connectivity index is 0.000000565. The molecular formula is C22H20N4S. The topological polar surface area (TPSA) is 57.4 Å². The van der Waals surface area contributed by atoms with Crippen molar-refractivity contribution in [1.82, 2.24) is 19.9 Å². The first kappa shape index (κ1) is 17.4. The van der Waals surface area contributed by atoms with Crippen LogP contribution in [0.25, 0.3) is 46.4 Å². The van der Waals surface area contributed by atoms with Crippen LogP contribution in [0.15, 0.2) is 48.5 Å². The third kappa shape index (κ3) is 4.20. The molecule has 4 nitrogen and oxygen atoms in total. The maximum absolute atomic E-state index is 4.63. The maximum Gasteiger partial charge on any atom is 0.0658 e. The van der Waals surface area contributed by atoms with E-state index in [0.29, 0.717) is 0 Å². The molecule has 5 heterocycles. The van der Waals surface area contributed by atoms with E-state index in [-0.39, 0.29) is 0 Å². The van der Waals surface area contributed by atoms with Crippen molar-refractivity contribution < 1.29 is 0 Å². The van der Waals surface area contributed by atoms with E-state index >= 15 is 0 Å². The Morgan fingerprint density at radius 3 is 1.15 bits per heavy atom. The van der Waals surface area contributed by atoms with Gasteiger partial charge in [-0.3, -0.25) is 0 Å². The standard InChI is InChI=1S/C20H14N4.C2H6S/c1-2-14-10-16-5-6-18(23-16)12-20-8-7-19(24-20)11-17-4-3-15(22-17)9-13(1)21-14;1-2-3/h1-12,21,24H;3H,2H2,1H3. The fourth-order valence-corrected chi connectivity index (χ4v) is 2.94. The molecule has 2 aliphatic heterocycles. The molecule has 8 bridgehead atoms. The largest absolute Gasteiger partial charge is 0.355 e. The van der Waals surface area contributed by atoms with E-state index in [0.717, 1.165) is 50.6 Å². The molecule has 2 aliphatic rings. The summed E-state index contributed by atoms with van der Waals surface area (Å²) in [5.41, 5.74) is 7.86. The molecule has 0 aromatic carbocycles. The lowest BCUT2D eigenvalue weighted by Crippen LogP contribution is -1.75. The Morgan fingerprint density at radius 2 is 0.889 bits per heavy atom. The van der Waals surface area contributed by atoms with Crippen molar-refractivity contribution in [3.05, 3.63) is 71.3 Å². The lowest BCUT2D eigenvalue weighted by Gasteiger charge is -1.85. The molecule has 0 spiro atoms. The van der Waals surface area contributed by atoms with Gasteiger partial charge in [0, 0.05) is 22.1 Å². The number of H-pyrrole nitrogens is 2. The minimum Gasteiger partial charge on any atom is -0.355 e. The first-order valence-electron chi connectivity index (χ1n) is 8.87. The van der Waals surface area contributed by atoms with Gasteiger partial charge in [0.1, 0.15) is 0 Å². The number of aromatic amines is 2. The third-order valence-electron chi connectivity index (χ3n) is 4.04.